The highest BCUT2D eigenvalue weighted by atomic mass is 35.5. The standard InChI is InChI=1S/C25H36ClN5O/c1-6-8-9-10-19(30-18-13-11-17(12-14-18)15-32-5)20-21-23(27)28-16-29-24(21)31(22(20)26)25(3,4)7-2/h10-14,29-30H,6-9,15-16H2,1-5H3,(H2,27,28)/b19-10-. The molecule has 1 aliphatic rings. The third kappa shape index (κ3) is 4.97. The van der Waals surface area contributed by atoms with Gasteiger partial charge in [-0.25, -0.2) is 4.99 Å². The van der Waals surface area contributed by atoms with Crippen molar-refractivity contribution in [1.29, 1.82) is 0 Å². The minimum Gasteiger partial charge on any atom is -0.383 e. The van der Waals surface area contributed by atoms with E-state index in [4.69, 9.17) is 22.1 Å². The predicted octanol–water partition coefficient (Wildman–Crippen LogP) is 6.16. The number of halogens is 1. The Morgan fingerprint density at radius 2 is 2.03 bits per heavy atom. The van der Waals surface area contributed by atoms with E-state index < -0.39 is 0 Å². The van der Waals surface area contributed by atoms with Crippen LogP contribution in [0, 0.1) is 0 Å². The quantitative estimate of drug-likeness (QED) is 0.373. The average Bonchev–Trinajstić information content (AvgIpc) is 3.08. The first-order valence-electron chi connectivity index (χ1n) is 11.4. The summed E-state index contributed by atoms with van der Waals surface area (Å²) in [6.07, 6.45) is 6.31. The van der Waals surface area contributed by atoms with E-state index in [1.54, 1.807) is 7.11 Å². The van der Waals surface area contributed by atoms with Crippen LogP contribution in [0.15, 0.2) is 35.3 Å². The maximum absolute atomic E-state index is 7.10. The zero-order valence-electron chi connectivity index (χ0n) is 19.9. The van der Waals surface area contributed by atoms with Gasteiger partial charge in [0.2, 0.25) is 0 Å². The molecular formula is C25H36ClN5O. The Bertz CT molecular complexity index is 989. The number of anilines is 2. The van der Waals surface area contributed by atoms with Crippen molar-refractivity contribution in [3.63, 3.8) is 0 Å². The molecule has 2 aromatic rings. The first-order chi connectivity index (χ1) is 15.3. The van der Waals surface area contributed by atoms with Crippen LogP contribution in [0.5, 0.6) is 0 Å². The van der Waals surface area contributed by atoms with Gasteiger partial charge >= 0.3 is 0 Å². The normalized spacial score (nSPS) is 14.1. The molecule has 0 atom stereocenters. The fourth-order valence-electron chi connectivity index (χ4n) is 3.88. The van der Waals surface area contributed by atoms with Crippen molar-refractivity contribution < 1.29 is 4.74 Å². The fraction of sp³-hybridized carbons (Fsp3) is 0.480. The molecule has 3 rings (SSSR count). The van der Waals surface area contributed by atoms with Gasteiger partial charge in [0.15, 0.2) is 0 Å². The number of benzene rings is 1. The number of hydrogen-bond donors (Lipinski definition) is 3. The molecule has 1 aromatic heterocycles. The van der Waals surface area contributed by atoms with Gasteiger partial charge in [-0.2, -0.15) is 0 Å². The number of aliphatic imine (C=N–C) groups is 1. The van der Waals surface area contributed by atoms with Crippen LogP contribution in [-0.2, 0) is 16.9 Å². The first-order valence-corrected chi connectivity index (χ1v) is 11.8. The van der Waals surface area contributed by atoms with E-state index in [9.17, 15) is 0 Å². The van der Waals surface area contributed by atoms with Crippen molar-refractivity contribution in [1.82, 2.24) is 4.57 Å². The zero-order chi connectivity index (χ0) is 23.3. The highest BCUT2D eigenvalue weighted by Crippen LogP contribution is 2.42. The molecule has 0 bridgehead atoms. The van der Waals surface area contributed by atoms with Crippen LogP contribution in [0.4, 0.5) is 11.5 Å². The molecule has 0 fully saturated rings. The van der Waals surface area contributed by atoms with Gasteiger partial charge in [0.05, 0.1) is 12.2 Å². The molecule has 1 aliphatic heterocycles. The summed E-state index contributed by atoms with van der Waals surface area (Å²) in [6.45, 7) is 9.78. The van der Waals surface area contributed by atoms with E-state index in [1.807, 2.05) is 0 Å². The molecule has 0 radical (unpaired) electrons. The number of methoxy groups -OCH3 is 1. The van der Waals surface area contributed by atoms with Crippen molar-refractivity contribution in [3.8, 4) is 0 Å². The fourth-order valence-corrected chi connectivity index (χ4v) is 4.39. The molecule has 1 aromatic carbocycles. The summed E-state index contributed by atoms with van der Waals surface area (Å²) >= 11 is 7.10. The van der Waals surface area contributed by atoms with Crippen LogP contribution < -0.4 is 16.4 Å². The van der Waals surface area contributed by atoms with Crippen LogP contribution in [0.1, 0.15) is 70.1 Å². The van der Waals surface area contributed by atoms with E-state index in [0.717, 1.165) is 59.6 Å². The van der Waals surface area contributed by atoms with E-state index in [-0.39, 0.29) is 5.54 Å². The summed E-state index contributed by atoms with van der Waals surface area (Å²) in [5.41, 5.74) is 11.1. The molecule has 0 saturated heterocycles. The second-order valence-corrected chi connectivity index (χ2v) is 9.14. The van der Waals surface area contributed by atoms with Crippen molar-refractivity contribution in [2.24, 2.45) is 10.7 Å². The second kappa shape index (κ2) is 10.5. The van der Waals surface area contributed by atoms with Gasteiger partial charge < -0.3 is 25.7 Å². The topological polar surface area (TPSA) is 76.6 Å². The molecule has 0 unspecified atom stereocenters. The molecule has 0 spiro atoms. The van der Waals surface area contributed by atoms with Crippen LogP contribution >= 0.6 is 11.6 Å². The largest absolute Gasteiger partial charge is 0.383 e. The van der Waals surface area contributed by atoms with Crippen LogP contribution in [0.25, 0.3) is 5.70 Å². The number of allylic oxidation sites excluding steroid dienone is 1. The summed E-state index contributed by atoms with van der Waals surface area (Å²) < 4.78 is 7.40. The number of nitrogens with zero attached hydrogens (tertiary/aromatic N) is 2. The number of aromatic nitrogens is 1. The van der Waals surface area contributed by atoms with Gasteiger partial charge in [-0.15, -0.1) is 0 Å². The Morgan fingerprint density at radius 3 is 2.66 bits per heavy atom. The number of ether oxygens (including phenoxy) is 1. The van der Waals surface area contributed by atoms with Gasteiger partial charge in [0.25, 0.3) is 0 Å². The molecule has 7 heteroatoms. The maximum Gasteiger partial charge on any atom is 0.132 e. The van der Waals surface area contributed by atoms with Crippen LogP contribution in [0.3, 0.4) is 0 Å². The molecule has 174 valence electrons. The van der Waals surface area contributed by atoms with E-state index >= 15 is 0 Å². The highest BCUT2D eigenvalue weighted by Gasteiger charge is 2.33. The lowest BCUT2D eigenvalue weighted by molar-refractivity contribution is 0.185. The van der Waals surface area contributed by atoms with E-state index in [0.29, 0.717) is 24.3 Å². The van der Waals surface area contributed by atoms with Gasteiger partial charge in [0, 0.05) is 29.6 Å². The summed E-state index contributed by atoms with van der Waals surface area (Å²) in [4.78, 5) is 4.45. The van der Waals surface area contributed by atoms with Crippen molar-refractivity contribution >= 4 is 34.6 Å². The van der Waals surface area contributed by atoms with Crippen molar-refractivity contribution in [3.05, 3.63) is 52.2 Å². The van der Waals surface area contributed by atoms with E-state index in [1.165, 1.54) is 0 Å². The summed E-state index contributed by atoms with van der Waals surface area (Å²) in [6, 6.07) is 8.25. The second-order valence-electron chi connectivity index (χ2n) is 8.78. The SMILES string of the molecule is CCCC/C=C(\Nc1ccc(COC)cc1)c1c2c(n(C(C)(C)CC)c1Cl)NCN=C2N. The number of fused-ring (bicyclic) bond motifs is 1. The minimum atomic E-state index is -0.180. The molecule has 32 heavy (non-hydrogen) atoms. The van der Waals surface area contributed by atoms with Crippen molar-refractivity contribution in [2.45, 2.75) is 65.5 Å². The average molecular weight is 458 g/mol. The van der Waals surface area contributed by atoms with Gasteiger partial charge in [-0.1, -0.05) is 50.1 Å². The van der Waals surface area contributed by atoms with Gasteiger partial charge in [-0.3, -0.25) is 0 Å². The first kappa shape index (κ1) is 24.2. The van der Waals surface area contributed by atoms with Crippen molar-refractivity contribution in [2.75, 3.05) is 24.4 Å². The lowest BCUT2D eigenvalue weighted by atomic mass is 10.0. The molecule has 0 saturated carbocycles. The van der Waals surface area contributed by atoms with Crippen LogP contribution in [0.2, 0.25) is 5.15 Å². The van der Waals surface area contributed by atoms with Gasteiger partial charge in [0.1, 0.15) is 23.5 Å². The monoisotopic (exact) mass is 457 g/mol. The Kier molecular flexibility index (Phi) is 7.91. The summed E-state index contributed by atoms with van der Waals surface area (Å²) in [7, 11) is 1.70. The third-order valence-corrected chi connectivity index (χ3v) is 6.41. The predicted molar refractivity (Wildman–Crippen MR) is 137 cm³/mol. The Morgan fingerprint density at radius 1 is 1.31 bits per heavy atom. The van der Waals surface area contributed by atoms with E-state index in [2.05, 4.69) is 78.2 Å². The van der Waals surface area contributed by atoms with Crippen LogP contribution in [-0.4, -0.2) is 24.2 Å². The summed E-state index contributed by atoms with van der Waals surface area (Å²) in [5.74, 6) is 1.45. The number of amidine groups is 1. The number of nitrogens with two attached hydrogens (primary N) is 1. The number of nitrogens with one attached hydrogen (secondary N) is 2. The lowest BCUT2D eigenvalue weighted by Crippen LogP contribution is -2.30. The lowest BCUT2D eigenvalue weighted by Gasteiger charge is -2.30. The third-order valence-electron chi connectivity index (χ3n) is 6.06. The van der Waals surface area contributed by atoms with Gasteiger partial charge in [-0.05, 0) is 50.8 Å². The summed E-state index contributed by atoms with van der Waals surface area (Å²) in [5, 5.41) is 7.68. The number of unbranched alkanes of at least 4 members (excludes halogenated alkanes) is 2. The molecule has 4 N–H and O–H groups in total. The molecule has 2 heterocycles. The Balaban J connectivity index is 2.12. The highest BCUT2D eigenvalue weighted by molar-refractivity contribution is 6.33. The molecule has 0 amide bonds. The molecule has 0 aliphatic carbocycles. The molecular weight excluding hydrogens is 422 g/mol. The number of hydrogen-bond acceptors (Lipinski definition) is 5. The minimum absolute atomic E-state index is 0.180. The zero-order valence-corrected chi connectivity index (χ0v) is 20.6. The molecule has 6 nitrogen and oxygen atoms in total. The number of rotatable bonds is 10. The Labute approximate surface area is 196 Å². The Hall–Kier alpha value is -2.44. The maximum atomic E-state index is 7.10. The smallest absolute Gasteiger partial charge is 0.132 e.